The van der Waals surface area contributed by atoms with Crippen molar-refractivity contribution in [3.63, 3.8) is 0 Å². The molecule has 1 aromatic carbocycles. The summed E-state index contributed by atoms with van der Waals surface area (Å²) in [7, 11) is -3.47. The van der Waals surface area contributed by atoms with E-state index in [1.165, 1.54) is 0 Å². The maximum Gasteiger partial charge on any atom is 0.192 e. The number of pyridine rings is 1. The summed E-state index contributed by atoms with van der Waals surface area (Å²) in [6.07, 6.45) is 1.69. The largest absolute Gasteiger partial charge is 0.413 e. The summed E-state index contributed by atoms with van der Waals surface area (Å²) in [6, 6.07) is 5.93. The number of rotatable bonds is 7. The topological polar surface area (TPSA) is 51.2 Å². The average molecular weight is 517 g/mol. The second-order valence-electron chi connectivity index (χ2n) is 11.0. The maximum atomic E-state index is 14.3. The first-order chi connectivity index (χ1) is 14.9. The minimum Gasteiger partial charge on any atom is -0.413 e. The van der Waals surface area contributed by atoms with E-state index in [0.717, 1.165) is 17.7 Å². The number of hydrogen-bond donors (Lipinski definition) is 1. The van der Waals surface area contributed by atoms with Crippen molar-refractivity contribution < 1.29 is 17.4 Å². The quantitative estimate of drug-likeness (QED) is 0.323. The maximum absolute atomic E-state index is 14.3. The van der Waals surface area contributed by atoms with Crippen LogP contribution in [0.3, 0.4) is 0 Å². The van der Waals surface area contributed by atoms with Crippen LogP contribution in [0.2, 0.25) is 23.2 Å². The summed E-state index contributed by atoms with van der Waals surface area (Å²) in [6.45, 7) is 18.5. The molecule has 1 aromatic heterocycles. The molecule has 9 heteroatoms. The van der Waals surface area contributed by atoms with Crippen LogP contribution >= 0.6 is 11.6 Å². The average Bonchev–Trinajstić information content (AvgIpc) is 2.68. The molecule has 0 spiro atoms. The van der Waals surface area contributed by atoms with E-state index in [0.29, 0.717) is 12.3 Å². The third-order valence-electron chi connectivity index (χ3n) is 6.16. The van der Waals surface area contributed by atoms with Gasteiger partial charge in [-0.3, -0.25) is 4.98 Å². The lowest BCUT2D eigenvalue weighted by atomic mass is 9.89. The lowest BCUT2D eigenvalue weighted by Crippen LogP contribution is -2.47. The van der Waals surface area contributed by atoms with Crippen LogP contribution in [0.25, 0.3) is 0 Å². The molecule has 2 rings (SSSR count). The molecule has 1 heterocycles. The van der Waals surface area contributed by atoms with Crippen LogP contribution in [0.4, 0.5) is 8.78 Å². The fourth-order valence-electron chi connectivity index (χ4n) is 2.73. The van der Waals surface area contributed by atoms with Gasteiger partial charge in [0.05, 0.1) is 33.6 Å². The predicted molar refractivity (Wildman–Crippen MR) is 135 cm³/mol. The summed E-state index contributed by atoms with van der Waals surface area (Å²) in [5.74, 6) is -1.78. The molecule has 0 amide bonds. The van der Waals surface area contributed by atoms with Gasteiger partial charge in [-0.15, -0.1) is 0 Å². The number of benzene rings is 1. The lowest BCUT2D eigenvalue weighted by Gasteiger charge is -2.36. The Morgan fingerprint density at radius 2 is 1.61 bits per heavy atom. The third kappa shape index (κ3) is 6.48. The Labute approximate surface area is 205 Å². The molecule has 33 heavy (non-hydrogen) atoms. The van der Waals surface area contributed by atoms with E-state index in [2.05, 4.69) is 43.6 Å². The monoisotopic (exact) mass is 516 g/mol. The van der Waals surface area contributed by atoms with E-state index < -0.39 is 46.2 Å². The molecule has 0 unspecified atom stereocenters. The molecule has 4 nitrogen and oxygen atoms in total. The second-order valence-corrected chi connectivity index (χ2v) is 18.1. The van der Waals surface area contributed by atoms with Crippen molar-refractivity contribution in [2.75, 3.05) is 0 Å². The van der Waals surface area contributed by atoms with Gasteiger partial charge in [-0.05, 0) is 75.2 Å². The summed E-state index contributed by atoms with van der Waals surface area (Å²) in [5.41, 5.74) is 0.356. The predicted octanol–water partition coefficient (Wildman–Crippen LogP) is 6.85. The van der Waals surface area contributed by atoms with Crippen molar-refractivity contribution in [1.82, 2.24) is 9.71 Å². The highest BCUT2D eigenvalue weighted by atomic mass is 35.5. The Bertz CT molecular complexity index is 998. The van der Waals surface area contributed by atoms with E-state index in [1.807, 2.05) is 26.8 Å². The zero-order valence-electron chi connectivity index (χ0n) is 20.9. The molecule has 0 aliphatic carbocycles. The van der Waals surface area contributed by atoms with Crippen molar-refractivity contribution in [1.29, 1.82) is 0 Å². The number of nitrogens with one attached hydrogen (secondary N) is 1. The van der Waals surface area contributed by atoms with Crippen LogP contribution in [-0.4, -0.2) is 22.3 Å². The molecule has 0 bridgehead atoms. The van der Waals surface area contributed by atoms with Crippen LogP contribution in [-0.2, 0) is 27.6 Å². The standard InChI is InChI=1S/C24H35ClF2N2O2SSi/c1-22(2,3)32(30)29-24(7,17-12-18(26)21(25)19(27)13-17)20-11-10-16(14-28-20)15-31-33(8,9)23(4,5)6/h10-14,29H,15H2,1-9H3/t24-,32+/m0/s1. The molecule has 2 atom stereocenters. The third-order valence-corrected chi connectivity index (χ3v) is 12.7. The van der Waals surface area contributed by atoms with Gasteiger partial charge in [-0.2, -0.15) is 0 Å². The molecule has 0 radical (unpaired) electrons. The zero-order chi connectivity index (χ0) is 25.4. The van der Waals surface area contributed by atoms with Crippen molar-refractivity contribution in [2.24, 2.45) is 0 Å². The molecule has 0 fully saturated rings. The van der Waals surface area contributed by atoms with Gasteiger partial charge < -0.3 is 4.43 Å². The van der Waals surface area contributed by atoms with Gasteiger partial charge in [-0.25, -0.2) is 17.7 Å². The first-order valence-corrected chi connectivity index (χ1v) is 15.3. The minimum absolute atomic E-state index is 0.0859. The summed E-state index contributed by atoms with van der Waals surface area (Å²) >= 11 is 5.69. The fourth-order valence-corrected chi connectivity index (χ4v) is 4.70. The molecule has 184 valence electrons. The van der Waals surface area contributed by atoms with Gasteiger partial charge in [-0.1, -0.05) is 38.4 Å². The van der Waals surface area contributed by atoms with Gasteiger partial charge in [0.25, 0.3) is 0 Å². The molecule has 0 saturated carbocycles. The van der Waals surface area contributed by atoms with E-state index >= 15 is 0 Å². The van der Waals surface area contributed by atoms with Crippen LogP contribution in [0.5, 0.6) is 0 Å². The van der Waals surface area contributed by atoms with Crippen molar-refractivity contribution >= 4 is 30.9 Å². The molecule has 0 aliphatic rings. The molecule has 0 aliphatic heterocycles. The Kier molecular flexibility index (Phi) is 8.34. The number of aromatic nitrogens is 1. The molecular formula is C24H35ClF2N2O2SSi. The van der Waals surface area contributed by atoms with E-state index in [1.54, 1.807) is 19.2 Å². The van der Waals surface area contributed by atoms with Gasteiger partial charge in [0.1, 0.15) is 16.7 Å². The second kappa shape index (κ2) is 9.82. The number of nitrogens with zero attached hydrogens (tertiary/aromatic N) is 1. The highest BCUT2D eigenvalue weighted by Crippen LogP contribution is 2.37. The van der Waals surface area contributed by atoms with E-state index in [9.17, 15) is 13.0 Å². The van der Waals surface area contributed by atoms with E-state index in [-0.39, 0.29) is 10.6 Å². The summed E-state index contributed by atoms with van der Waals surface area (Å²) in [4.78, 5) is 4.57. The number of hydrogen-bond acceptors (Lipinski definition) is 3. The Balaban J connectivity index is 2.45. The zero-order valence-corrected chi connectivity index (χ0v) is 23.5. The van der Waals surface area contributed by atoms with E-state index in [4.69, 9.17) is 16.0 Å². The van der Waals surface area contributed by atoms with Crippen molar-refractivity contribution in [3.8, 4) is 0 Å². The molecule has 1 N–H and O–H groups in total. The smallest absolute Gasteiger partial charge is 0.192 e. The van der Waals surface area contributed by atoms with Crippen LogP contribution in [0.15, 0.2) is 30.5 Å². The Morgan fingerprint density at radius 1 is 1.06 bits per heavy atom. The summed E-state index contributed by atoms with van der Waals surface area (Å²) in [5, 5.41) is -0.494. The minimum atomic E-state index is -1.93. The van der Waals surface area contributed by atoms with Gasteiger partial charge in [0.2, 0.25) is 0 Å². The molecular weight excluding hydrogens is 482 g/mol. The highest BCUT2D eigenvalue weighted by Gasteiger charge is 2.38. The first kappa shape index (κ1) is 28.0. The Morgan fingerprint density at radius 3 is 2.03 bits per heavy atom. The fraction of sp³-hybridized carbons (Fsp3) is 0.542. The van der Waals surface area contributed by atoms with Gasteiger partial charge in [0.15, 0.2) is 8.32 Å². The molecule has 0 saturated heterocycles. The van der Waals surface area contributed by atoms with Gasteiger partial charge in [0, 0.05) is 6.20 Å². The number of halogens is 3. The lowest BCUT2D eigenvalue weighted by molar-refractivity contribution is 0.276. The van der Waals surface area contributed by atoms with Crippen molar-refractivity contribution in [2.45, 2.75) is 83.5 Å². The van der Waals surface area contributed by atoms with Crippen LogP contribution < -0.4 is 4.72 Å². The van der Waals surface area contributed by atoms with Crippen LogP contribution in [0.1, 0.15) is 65.3 Å². The highest BCUT2D eigenvalue weighted by molar-refractivity contribution is 7.84. The van der Waals surface area contributed by atoms with Gasteiger partial charge >= 0.3 is 0 Å². The Hall–Kier alpha value is -1.19. The van der Waals surface area contributed by atoms with Crippen LogP contribution in [0, 0.1) is 11.6 Å². The SMILES string of the molecule is CC(C)(C)[S@@](=O)N[C@@](C)(c1cc(F)c(Cl)c(F)c1)c1ccc(CO[Si](C)(C)C(C)(C)C)cn1. The normalized spacial score (nSPS) is 15.9. The first-order valence-electron chi connectivity index (χ1n) is 10.8. The summed E-state index contributed by atoms with van der Waals surface area (Å²) < 4.78 is 50.3. The van der Waals surface area contributed by atoms with Crippen molar-refractivity contribution in [3.05, 3.63) is 63.9 Å². The molecule has 2 aromatic rings.